The summed E-state index contributed by atoms with van der Waals surface area (Å²) in [5.41, 5.74) is 2.62. The molecule has 1 saturated heterocycles. The molecule has 0 aromatic carbocycles. The Balaban J connectivity index is 1.90. The molecule has 0 unspecified atom stereocenters. The van der Waals surface area contributed by atoms with Gasteiger partial charge in [-0.2, -0.15) is 0 Å². The Bertz CT molecular complexity index is 503. The summed E-state index contributed by atoms with van der Waals surface area (Å²) in [7, 11) is 0. The molecule has 0 saturated carbocycles. The zero-order chi connectivity index (χ0) is 17.7. The van der Waals surface area contributed by atoms with E-state index in [1.807, 2.05) is 31.2 Å². The fraction of sp³-hybridized carbons (Fsp3) is 0.778. The minimum absolute atomic E-state index is 0.184. The standard InChI is InChI=1S/C18H31N3O2S/c1-14(2)10-21(11-15-12-24-13-19-15)16-6-8-20(9-7-16)17(22)23-18(3,4)5/h12-14,16H,6-11H2,1-5H3. The molecule has 0 aliphatic carbocycles. The van der Waals surface area contributed by atoms with Crippen molar-refractivity contribution in [2.24, 2.45) is 5.92 Å². The second-order valence-corrected chi connectivity index (χ2v) is 8.72. The number of ether oxygens (including phenoxy) is 1. The largest absolute Gasteiger partial charge is 0.444 e. The second kappa shape index (κ2) is 8.30. The monoisotopic (exact) mass is 353 g/mol. The van der Waals surface area contributed by atoms with E-state index < -0.39 is 5.60 Å². The van der Waals surface area contributed by atoms with Gasteiger partial charge in [0.1, 0.15) is 5.60 Å². The lowest BCUT2D eigenvalue weighted by Gasteiger charge is -2.39. The van der Waals surface area contributed by atoms with Crippen LogP contribution in [0.5, 0.6) is 0 Å². The van der Waals surface area contributed by atoms with Gasteiger partial charge in [-0.25, -0.2) is 9.78 Å². The average Bonchev–Trinajstić information content (AvgIpc) is 2.97. The van der Waals surface area contributed by atoms with Gasteiger partial charge in [-0.05, 0) is 39.5 Å². The number of rotatable bonds is 5. The molecule has 0 bridgehead atoms. The Morgan fingerprint density at radius 1 is 1.42 bits per heavy atom. The van der Waals surface area contributed by atoms with E-state index >= 15 is 0 Å². The van der Waals surface area contributed by atoms with Crippen molar-refractivity contribution in [3.05, 3.63) is 16.6 Å². The van der Waals surface area contributed by atoms with Crippen molar-refractivity contribution in [1.82, 2.24) is 14.8 Å². The Morgan fingerprint density at radius 3 is 2.58 bits per heavy atom. The summed E-state index contributed by atoms with van der Waals surface area (Å²) in [6, 6.07) is 0.507. The number of piperidine rings is 1. The van der Waals surface area contributed by atoms with Crippen molar-refractivity contribution in [1.29, 1.82) is 0 Å². The predicted molar refractivity (Wildman–Crippen MR) is 98.2 cm³/mol. The third-order valence-electron chi connectivity index (χ3n) is 4.08. The van der Waals surface area contributed by atoms with E-state index in [-0.39, 0.29) is 6.09 Å². The van der Waals surface area contributed by atoms with Gasteiger partial charge in [0.25, 0.3) is 0 Å². The SMILES string of the molecule is CC(C)CN(Cc1cscn1)C1CCN(C(=O)OC(C)(C)C)CC1. The third kappa shape index (κ3) is 6.06. The summed E-state index contributed by atoms with van der Waals surface area (Å²) in [4.78, 5) is 21.0. The van der Waals surface area contributed by atoms with Gasteiger partial charge >= 0.3 is 6.09 Å². The summed E-state index contributed by atoms with van der Waals surface area (Å²) in [5.74, 6) is 0.618. The first kappa shape index (κ1) is 19.2. The van der Waals surface area contributed by atoms with Crippen LogP contribution in [-0.4, -0.2) is 52.2 Å². The molecule has 24 heavy (non-hydrogen) atoms. The zero-order valence-electron chi connectivity index (χ0n) is 15.6. The lowest BCUT2D eigenvalue weighted by Crippen LogP contribution is -2.48. The van der Waals surface area contributed by atoms with Gasteiger partial charge in [-0.3, -0.25) is 4.90 Å². The van der Waals surface area contributed by atoms with E-state index in [4.69, 9.17) is 4.74 Å². The first-order chi connectivity index (χ1) is 11.2. The summed E-state index contributed by atoms with van der Waals surface area (Å²) >= 11 is 1.65. The fourth-order valence-corrected chi connectivity index (χ4v) is 3.63. The smallest absolute Gasteiger partial charge is 0.410 e. The number of hydrogen-bond acceptors (Lipinski definition) is 5. The first-order valence-corrected chi connectivity index (χ1v) is 9.78. The maximum Gasteiger partial charge on any atom is 0.410 e. The number of carbonyl (C=O) groups excluding carboxylic acids is 1. The maximum atomic E-state index is 12.2. The van der Waals surface area contributed by atoms with Gasteiger partial charge < -0.3 is 9.64 Å². The molecule has 2 rings (SSSR count). The van der Waals surface area contributed by atoms with Crippen molar-refractivity contribution < 1.29 is 9.53 Å². The van der Waals surface area contributed by atoms with E-state index in [0.29, 0.717) is 12.0 Å². The molecule has 136 valence electrons. The van der Waals surface area contributed by atoms with Crippen molar-refractivity contribution in [2.45, 2.75) is 65.6 Å². The highest BCUT2D eigenvalue weighted by molar-refractivity contribution is 7.07. The van der Waals surface area contributed by atoms with E-state index in [1.54, 1.807) is 11.3 Å². The number of hydrogen-bond donors (Lipinski definition) is 0. The highest BCUT2D eigenvalue weighted by atomic mass is 32.1. The van der Waals surface area contributed by atoms with E-state index in [0.717, 1.165) is 44.7 Å². The average molecular weight is 354 g/mol. The minimum Gasteiger partial charge on any atom is -0.444 e. The van der Waals surface area contributed by atoms with Crippen LogP contribution in [0.15, 0.2) is 10.9 Å². The molecule has 0 spiro atoms. The first-order valence-electron chi connectivity index (χ1n) is 8.83. The number of likely N-dealkylation sites (tertiary alicyclic amines) is 1. The molecular weight excluding hydrogens is 322 g/mol. The van der Waals surface area contributed by atoms with Gasteiger partial charge in [-0.1, -0.05) is 13.8 Å². The molecule has 2 heterocycles. The van der Waals surface area contributed by atoms with Gasteiger partial charge in [0, 0.05) is 37.6 Å². The second-order valence-electron chi connectivity index (χ2n) is 8.00. The van der Waals surface area contributed by atoms with Gasteiger partial charge in [0.15, 0.2) is 0 Å². The molecular formula is C18H31N3O2S. The topological polar surface area (TPSA) is 45.7 Å². The molecule has 1 aliphatic rings. The van der Waals surface area contributed by atoms with Crippen LogP contribution in [-0.2, 0) is 11.3 Å². The summed E-state index contributed by atoms with van der Waals surface area (Å²) in [5, 5.41) is 2.13. The Hall–Kier alpha value is -1.14. The van der Waals surface area contributed by atoms with Gasteiger partial charge in [0.2, 0.25) is 0 Å². The molecule has 1 fully saturated rings. The van der Waals surface area contributed by atoms with Gasteiger partial charge in [0.05, 0.1) is 11.2 Å². The minimum atomic E-state index is -0.428. The Labute approximate surface area is 150 Å². The molecule has 6 heteroatoms. The fourth-order valence-electron chi connectivity index (χ4n) is 3.08. The molecule has 0 atom stereocenters. The van der Waals surface area contributed by atoms with Crippen molar-refractivity contribution in [3.63, 3.8) is 0 Å². The van der Waals surface area contributed by atoms with Crippen LogP contribution < -0.4 is 0 Å². The predicted octanol–water partition coefficient (Wildman–Crippen LogP) is 4.00. The number of aromatic nitrogens is 1. The Kier molecular flexibility index (Phi) is 6.63. The molecule has 5 nitrogen and oxygen atoms in total. The number of thiazole rings is 1. The molecule has 1 aromatic heterocycles. The van der Waals surface area contributed by atoms with E-state index in [9.17, 15) is 4.79 Å². The number of amides is 1. The molecule has 0 radical (unpaired) electrons. The Morgan fingerprint density at radius 2 is 2.08 bits per heavy atom. The van der Waals surface area contributed by atoms with Crippen LogP contribution in [0.1, 0.15) is 53.2 Å². The number of carbonyl (C=O) groups is 1. The van der Waals surface area contributed by atoms with Crippen LogP contribution in [0.3, 0.4) is 0 Å². The molecule has 1 aromatic rings. The normalized spacial score (nSPS) is 16.9. The van der Waals surface area contributed by atoms with Crippen molar-refractivity contribution >= 4 is 17.4 Å². The zero-order valence-corrected chi connectivity index (χ0v) is 16.4. The van der Waals surface area contributed by atoms with Gasteiger partial charge in [-0.15, -0.1) is 11.3 Å². The maximum absolute atomic E-state index is 12.2. The van der Waals surface area contributed by atoms with E-state index in [2.05, 4.69) is 29.1 Å². The third-order valence-corrected chi connectivity index (χ3v) is 4.72. The highest BCUT2D eigenvalue weighted by Gasteiger charge is 2.29. The van der Waals surface area contributed by atoms with Crippen molar-refractivity contribution in [3.8, 4) is 0 Å². The molecule has 1 amide bonds. The summed E-state index contributed by atoms with van der Waals surface area (Å²) in [6.07, 6.45) is 1.81. The molecule has 0 N–H and O–H groups in total. The lowest BCUT2D eigenvalue weighted by atomic mass is 10.0. The number of nitrogens with zero attached hydrogens (tertiary/aromatic N) is 3. The van der Waals surface area contributed by atoms with Crippen molar-refractivity contribution in [2.75, 3.05) is 19.6 Å². The summed E-state index contributed by atoms with van der Waals surface area (Å²) in [6.45, 7) is 13.7. The van der Waals surface area contributed by atoms with E-state index in [1.165, 1.54) is 0 Å². The highest BCUT2D eigenvalue weighted by Crippen LogP contribution is 2.22. The van der Waals surface area contributed by atoms with Crippen LogP contribution in [0.2, 0.25) is 0 Å². The summed E-state index contributed by atoms with van der Waals surface area (Å²) < 4.78 is 5.49. The lowest BCUT2D eigenvalue weighted by molar-refractivity contribution is 0.0128. The molecule has 1 aliphatic heterocycles. The van der Waals surface area contributed by atoms with Crippen LogP contribution in [0.4, 0.5) is 4.79 Å². The van der Waals surface area contributed by atoms with Crippen LogP contribution in [0, 0.1) is 5.92 Å². The quantitative estimate of drug-likeness (QED) is 0.802. The van der Waals surface area contributed by atoms with Crippen LogP contribution >= 0.6 is 11.3 Å². The van der Waals surface area contributed by atoms with Crippen LogP contribution in [0.25, 0.3) is 0 Å².